The second kappa shape index (κ2) is 9.82. The summed E-state index contributed by atoms with van der Waals surface area (Å²) in [6, 6.07) is 0. The first-order chi connectivity index (χ1) is 6.75. The summed E-state index contributed by atoms with van der Waals surface area (Å²) in [6.07, 6.45) is -0.0239. The Hall–Kier alpha value is 0.620. The summed E-state index contributed by atoms with van der Waals surface area (Å²) in [4.78, 5) is 8.87. The highest BCUT2D eigenvalue weighted by molar-refractivity contribution is 7.85. The van der Waals surface area contributed by atoms with E-state index in [1.807, 2.05) is 0 Å². The van der Waals surface area contributed by atoms with Gasteiger partial charge in [0.2, 0.25) is 0 Å². The minimum absolute atomic E-state index is 0.0239. The molecule has 0 saturated heterocycles. The van der Waals surface area contributed by atoms with Gasteiger partial charge in [-0.3, -0.25) is 8.77 Å². The molecule has 0 aliphatic carbocycles. The van der Waals surface area contributed by atoms with Crippen molar-refractivity contribution in [3.8, 4) is 0 Å². The van der Waals surface area contributed by atoms with Crippen molar-refractivity contribution in [3.05, 3.63) is 11.1 Å². The molecule has 15 heavy (non-hydrogen) atoms. The molecule has 92 valence electrons. The van der Waals surface area contributed by atoms with Gasteiger partial charge in [-0.2, -0.15) is 0 Å². The van der Waals surface area contributed by atoms with Crippen LogP contribution in [-0.2, 0) is 19.9 Å². The summed E-state index contributed by atoms with van der Waals surface area (Å²) < 4.78 is 26.0. The van der Waals surface area contributed by atoms with Gasteiger partial charge in [0.25, 0.3) is 0 Å². The molecule has 2 atom stereocenters. The van der Waals surface area contributed by atoms with E-state index in [4.69, 9.17) is 28.1 Å². The summed E-state index contributed by atoms with van der Waals surface area (Å²) in [6.45, 7) is 4.86. The highest BCUT2D eigenvalue weighted by Gasteiger charge is 2.17. The SMILES string of the molecule is C=C(Cl)Cl.CCS(=O)CCP(=O)(O)OC. The van der Waals surface area contributed by atoms with Gasteiger partial charge in [-0.25, -0.2) is 0 Å². The van der Waals surface area contributed by atoms with Gasteiger partial charge in [-0.15, -0.1) is 0 Å². The van der Waals surface area contributed by atoms with Crippen LogP contribution in [0.15, 0.2) is 11.1 Å². The Kier molecular flexibility index (Phi) is 11.8. The third-order valence-electron chi connectivity index (χ3n) is 1.21. The molecule has 1 N–H and O–H groups in total. The Bertz CT molecular complexity index is 255. The summed E-state index contributed by atoms with van der Waals surface area (Å²) >= 11 is 9.69. The summed E-state index contributed by atoms with van der Waals surface area (Å²) in [5, 5.41) is 0. The van der Waals surface area contributed by atoms with Crippen molar-refractivity contribution in [2.24, 2.45) is 0 Å². The predicted octanol–water partition coefficient (Wildman–Crippen LogP) is 2.52. The second-order valence-electron chi connectivity index (χ2n) is 2.31. The minimum Gasteiger partial charge on any atom is -0.324 e. The van der Waals surface area contributed by atoms with Crippen LogP contribution >= 0.6 is 30.8 Å². The smallest absolute Gasteiger partial charge is 0.324 e. The zero-order chi connectivity index (χ0) is 12.5. The summed E-state index contributed by atoms with van der Waals surface area (Å²) in [7, 11) is -3.24. The van der Waals surface area contributed by atoms with Crippen LogP contribution in [0.5, 0.6) is 0 Å². The molecule has 0 heterocycles. The monoisotopic (exact) mass is 296 g/mol. The average Bonchev–Trinajstić information content (AvgIpc) is 2.13. The van der Waals surface area contributed by atoms with Crippen LogP contribution in [-0.4, -0.2) is 33.9 Å². The van der Waals surface area contributed by atoms with Crippen LogP contribution in [0.2, 0.25) is 0 Å². The largest absolute Gasteiger partial charge is 0.328 e. The van der Waals surface area contributed by atoms with E-state index >= 15 is 0 Å². The summed E-state index contributed by atoms with van der Waals surface area (Å²) in [5.74, 6) is 0.752. The highest BCUT2D eigenvalue weighted by atomic mass is 35.5. The van der Waals surface area contributed by atoms with Gasteiger partial charge in [0.15, 0.2) is 0 Å². The van der Waals surface area contributed by atoms with E-state index in [2.05, 4.69) is 11.1 Å². The Labute approximate surface area is 103 Å². The van der Waals surface area contributed by atoms with Crippen LogP contribution in [0.1, 0.15) is 6.92 Å². The van der Waals surface area contributed by atoms with E-state index in [1.165, 1.54) is 7.11 Å². The van der Waals surface area contributed by atoms with Crippen molar-refractivity contribution in [2.75, 3.05) is 24.8 Å². The van der Waals surface area contributed by atoms with Gasteiger partial charge in [0.1, 0.15) is 0 Å². The van der Waals surface area contributed by atoms with Crippen LogP contribution < -0.4 is 0 Å². The summed E-state index contributed by atoms with van der Waals surface area (Å²) in [5.41, 5.74) is 0. The van der Waals surface area contributed by atoms with Crippen LogP contribution in [0.4, 0.5) is 0 Å². The first kappa shape index (κ1) is 18.0. The number of hydrogen-bond donors (Lipinski definition) is 1. The first-order valence-electron chi connectivity index (χ1n) is 3.97. The molecular weight excluding hydrogens is 282 g/mol. The van der Waals surface area contributed by atoms with E-state index in [-0.39, 0.29) is 16.4 Å². The van der Waals surface area contributed by atoms with E-state index in [0.717, 1.165) is 0 Å². The maximum absolute atomic E-state index is 10.8. The van der Waals surface area contributed by atoms with Crippen molar-refractivity contribution in [1.82, 2.24) is 0 Å². The zero-order valence-electron chi connectivity index (χ0n) is 8.61. The third kappa shape index (κ3) is 17.2. The van der Waals surface area contributed by atoms with Crippen LogP contribution in [0.3, 0.4) is 0 Å². The van der Waals surface area contributed by atoms with E-state index in [0.29, 0.717) is 5.75 Å². The molecule has 0 aliphatic heterocycles. The van der Waals surface area contributed by atoms with Crippen molar-refractivity contribution in [3.63, 3.8) is 0 Å². The molecule has 0 aromatic heterocycles. The molecule has 0 spiro atoms. The molecule has 4 nitrogen and oxygen atoms in total. The van der Waals surface area contributed by atoms with Crippen LogP contribution in [0, 0.1) is 0 Å². The second-order valence-corrected chi connectivity index (χ2v) is 7.37. The fourth-order valence-corrected chi connectivity index (χ4v) is 2.66. The van der Waals surface area contributed by atoms with Gasteiger partial charge in [0.05, 0.1) is 10.7 Å². The van der Waals surface area contributed by atoms with Crippen molar-refractivity contribution in [1.29, 1.82) is 0 Å². The lowest BCUT2D eigenvalue weighted by molar-refractivity contribution is 0.317. The van der Waals surface area contributed by atoms with Gasteiger partial charge in [0, 0.05) is 29.4 Å². The molecule has 8 heteroatoms. The van der Waals surface area contributed by atoms with E-state index < -0.39 is 18.4 Å². The number of halogens is 2. The fraction of sp³-hybridized carbons (Fsp3) is 0.714. The fourth-order valence-electron chi connectivity index (χ4n) is 0.453. The third-order valence-corrected chi connectivity index (χ3v) is 4.17. The topological polar surface area (TPSA) is 63.6 Å². The molecule has 0 aromatic rings. The Morgan fingerprint density at radius 2 is 2.00 bits per heavy atom. The van der Waals surface area contributed by atoms with Gasteiger partial charge in [-0.1, -0.05) is 36.7 Å². The number of hydrogen-bond acceptors (Lipinski definition) is 3. The Morgan fingerprint density at radius 1 is 1.60 bits per heavy atom. The van der Waals surface area contributed by atoms with Crippen molar-refractivity contribution in [2.45, 2.75) is 6.92 Å². The van der Waals surface area contributed by atoms with Crippen molar-refractivity contribution >= 4 is 41.6 Å². The predicted molar refractivity (Wildman–Crippen MR) is 66.1 cm³/mol. The number of rotatable bonds is 5. The lowest BCUT2D eigenvalue weighted by Crippen LogP contribution is -2.05. The normalized spacial score (nSPS) is 15.8. The molecule has 0 radical (unpaired) electrons. The molecule has 0 rings (SSSR count). The van der Waals surface area contributed by atoms with E-state index in [1.54, 1.807) is 6.92 Å². The Morgan fingerprint density at radius 3 is 2.27 bits per heavy atom. The maximum Gasteiger partial charge on any atom is 0.328 e. The van der Waals surface area contributed by atoms with Gasteiger partial charge in [-0.05, 0) is 0 Å². The quantitative estimate of drug-likeness (QED) is 0.792. The van der Waals surface area contributed by atoms with E-state index in [9.17, 15) is 8.77 Å². The average molecular weight is 297 g/mol. The highest BCUT2D eigenvalue weighted by Crippen LogP contribution is 2.39. The van der Waals surface area contributed by atoms with Crippen LogP contribution in [0.25, 0.3) is 0 Å². The molecule has 0 aliphatic rings. The van der Waals surface area contributed by atoms with Gasteiger partial charge < -0.3 is 9.42 Å². The molecular formula is C7H15Cl2O4PS. The standard InChI is InChI=1S/C5H13O4PS.C2H2Cl2/c1-3-11(8)5-4-10(6,7)9-2;1-2(3)4/h3-5H2,1-2H3,(H,6,7);1H2. The molecule has 0 bridgehead atoms. The van der Waals surface area contributed by atoms with Gasteiger partial charge >= 0.3 is 7.60 Å². The van der Waals surface area contributed by atoms with Crippen molar-refractivity contribution < 1.29 is 18.2 Å². The zero-order valence-corrected chi connectivity index (χ0v) is 11.8. The molecule has 0 saturated carbocycles. The maximum atomic E-state index is 10.8. The lowest BCUT2D eigenvalue weighted by Gasteiger charge is -2.06. The first-order valence-corrected chi connectivity index (χ1v) is 7.98. The minimum atomic E-state index is -3.43. The molecule has 2 unspecified atom stereocenters. The molecule has 0 fully saturated rings. The molecule has 0 amide bonds. The lowest BCUT2D eigenvalue weighted by atomic mass is 10.9. The Balaban J connectivity index is 0. The molecule has 0 aromatic carbocycles.